The molecule has 3 unspecified atom stereocenters. The van der Waals surface area contributed by atoms with Crippen molar-refractivity contribution < 1.29 is 9.59 Å². The summed E-state index contributed by atoms with van der Waals surface area (Å²) in [4.78, 5) is 29.4. The number of nitrogens with two attached hydrogens (primary N) is 2. The Morgan fingerprint density at radius 1 is 1.17 bits per heavy atom. The van der Waals surface area contributed by atoms with Gasteiger partial charge in [-0.3, -0.25) is 9.59 Å². The molecule has 218 valence electrons. The summed E-state index contributed by atoms with van der Waals surface area (Å²) >= 11 is 0. The number of amidine groups is 1. The zero-order valence-electron chi connectivity index (χ0n) is 24.5. The molecule has 6 N–H and O–H groups in total. The number of hydrogen-bond donors (Lipinski definition) is 4. The predicted molar refractivity (Wildman–Crippen MR) is 160 cm³/mol. The van der Waals surface area contributed by atoms with E-state index in [-0.39, 0.29) is 24.4 Å². The highest BCUT2D eigenvalue weighted by Gasteiger charge is 2.44. The Bertz CT molecular complexity index is 1360. The van der Waals surface area contributed by atoms with E-state index in [0.29, 0.717) is 24.2 Å². The van der Waals surface area contributed by atoms with Crippen LogP contribution in [-0.4, -0.2) is 66.2 Å². The van der Waals surface area contributed by atoms with Crippen molar-refractivity contribution in [1.29, 1.82) is 5.26 Å². The van der Waals surface area contributed by atoms with E-state index >= 15 is 0 Å². The molecule has 0 bridgehead atoms. The molecule has 1 aliphatic heterocycles. The Morgan fingerprint density at radius 2 is 1.83 bits per heavy atom. The first-order chi connectivity index (χ1) is 19.7. The molecule has 2 aromatic carbocycles. The van der Waals surface area contributed by atoms with Crippen molar-refractivity contribution in [2.24, 2.45) is 16.7 Å². The van der Waals surface area contributed by atoms with E-state index in [4.69, 9.17) is 11.6 Å². The molecule has 0 aromatic heterocycles. The number of hydrazine groups is 1. The molecule has 3 atom stereocenters. The van der Waals surface area contributed by atoms with Crippen LogP contribution in [0.4, 0.5) is 0 Å². The smallest absolute Gasteiger partial charge is 0.253 e. The Kier molecular flexibility index (Phi) is 9.31. The number of nitrogens with one attached hydrogen (secondary N) is 2. The second-order valence-electron chi connectivity index (χ2n) is 11.3. The normalized spacial score (nSPS) is 19.5. The molecule has 2 aromatic rings. The maximum Gasteiger partial charge on any atom is 0.253 e. The van der Waals surface area contributed by atoms with Crippen LogP contribution in [0.2, 0.25) is 0 Å². The average Bonchev–Trinajstić information content (AvgIpc) is 3.06. The second kappa shape index (κ2) is 12.7. The summed E-state index contributed by atoms with van der Waals surface area (Å²) in [7, 11) is 1.66. The molecule has 10 nitrogen and oxygen atoms in total. The minimum absolute atomic E-state index is 0.0490. The molecular weight excluding hydrogens is 516 g/mol. The monoisotopic (exact) mass is 558 g/mol. The third-order valence-corrected chi connectivity index (χ3v) is 8.57. The van der Waals surface area contributed by atoms with E-state index in [1.165, 1.54) is 4.90 Å². The topological polar surface area (TPSA) is 153 Å². The number of fused-ring (bicyclic) bond motifs is 2. The van der Waals surface area contributed by atoms with Crippen LogP contribution in [-0.2, 0) is 23.1 Å². The number of aryl methyl sites for hydroxylation is 3. The highest BCUT2D eigenvalue weighted by atomic mass is 16.2. The summed E-state index contributed by atoms with van der Waals surface area (Å²) in [5.74, 6) is 5.87. The summed E-state index contributed by atoms with van der Waals surface area (Å²) in [6.45, 7) is 7.62. The number of nitrogens with zero attached hydrogens (tertiary/aromatic N) is 4. The van der Waals surface area contributed by atoms with E-state index in [2.05, 4.69) is 47.1 Å². The first-order valence-corrected chi connectivity index (χ1v) is 14.4. The fraction of sp³-hybridized carbons (Fsp3) is 0.484. The number of likely N-dealkylation sites (N-methyl/N-ethyl adjacent to an activating group) is 1. The van der Waals surface area contributed by atoms with E-state index < -0.39 is 11.5 Å². The van der Waals surface area contributed by atoms with Crippen molar-refractivity contribution in [2.75, 3.05) is 26.7 Å². The number of likely N-dealkylation sites (tertiary alicyclic amines) is 1. The number of carbonyl (C=O) groups is 2. The third-order valence-electron chi connectivity index (χ3n) is 8.57. The molecule has 41 heavy (non-hydrogen) atoms. The Labute approximate surface area is 242 Å². The minimum atomic E-state index is -0.875. The molecule has 4 rings (SSSR count). The highest BCUT2D eigenvalue weighted by Crippen LogP contribution is 2.44. The van der Waals surface area contributed by atoms with Gasteiger partial charge in [0, 0.05) is 31.7 Å². The average molecular weight is 559 g/mol. The first kappa shape index (κ1) is 30.0. The summed E-state index contributed by atoms with van der Waals surface area (Å²) in [6, 6.07) is 13.8. The van der Waals surface area contributed by atoms with Gasteiger partial charge in [0.25, 0.3) is 5.91 Å². The molecule has 0 radical (unpaired) electrons. The fourth-order valence-corrected chi connectivity index (χ4v) is 6.12. The largest absolute Gasteiger partial charge is 0.385 e. The molecule has 2 amide bonds. The lowest BCUT2D eigenvalue weighted by Gasteiger charge is -2.38. The maximum atomic E-state index is 13.1. The fourth-order valence-electron chi connectivity index (χ4n) is 6.12. The highest BCUT2D eigenvalue weighted by molar-refractivity contribution is 5.98. The lowest BCUT2D eigenvalue weighted by atomic mass is 9.67. The van der Waals surface area contributed by atoms with E-state index in [0.717, 1.165) is 60.2 Å². The van der Waals surface area contributed by atoms with Gasteiger partial charge in [0.15, 0.2) is 0 Å². The molecule has 10 heteroatoms. The number of nitriles is 1. The van der Waals surface area contributed by atoms with Crippen LogP contribution in [0.5, 0.6) is 0 Å². The minimum Gasteiger partial charge on any atom is -0.385 e. The molecule has 1 fully saturated rings. The summed E-state index contributed by atoms with van der Waals surface area (Å²) in [6.07, 6.45) is 3.61. The third kappa shape index (κ3) is 5.92. The van der Waals surface area contributed by atoms with Gasteiger partial charge in [-0.15, -0.1) is 0 Å². The Morgan fingerprint density at radius 3 is 2.41 bits per heavy atom. The molecule has 1 aliphatic carbocycles. The van der Waals surface area contributed by atoms with Crippen LogP contribution in [0.3, 0.4) is 0 Å². The zero-order chi connectivity index (χ0) is 29.7. The predicted octanol–water partition coefficient (Wildman–Crippen LogP) is 2.09. The standard InChI is InChI=1S/C31H42N8O2/c1-5-25(18-32)38(4)28(40)19-35-21(3)17-31(30(33)36-37-34)26-11-7-20(2)15-22(26)8-9-23-16-24(10-12-27(23)31)29(41)39-13-6-14-39/h7,10-12,15-16,21,25,35,37H,5-6,8-9,13-14,17,19,34H2,1-4H3,(H2,33,36). The number of rotatable bonds is 10. The number of amides is 2. The van der Waals surface area contributed by atoms with Crippen molar-refractivity contribution in [3.8, 4) is 6.07 Å². The number of carbonyl (C=O) groups excluding carboxylic acids is 2. The summed E-state index contributed by atoms with van der Waals surface area (Å²) < 4.78 is 0. The Balaban J connectivity index is 1.76. The van der Waals surface area contributed by atoms with Gasteiger partial charge in [0.05, 0.1) is 18.0 Å². The van der Waals surface area contributed by atoms with Crippen molar-refractivity contribution in [3.05, 3.63) is 69.8 Å². The van der Waals surface area contributed by atoms with Crippen LogP contribution < -0.4 is 22.4 Å². The number of hydrazone groups is 1. The second-order valence-corrected chi connectivity index (χ2v) is 11.3. The molecular formula is C31H42N8O2. The van der Waals surface area contributed by atoms with Gasteiger partial charge in [0.1, 0.15) is 11.9 Å². The van der Waals surface area contributed by atoms with E-state index in [9.17, 15) is 14.9 Å². The van der Waals surface area contributed by atoms with Gasteiger partial charge in [-0.25, -0.2) is 11.4 Å². The van der Waals surface area contributed by atoms with Gasteiger partial charge in [-0.1, -0.05) is 36.8 Å². The first-order valence-electron chi connectivity index (χ1n) is 14.4. The lowest BCUT2D eigenvalue weighted by molar-refractivity contribution is -0.130. The molecule has 0 spiro atoms. The van der Waals surface area contributed by atoms with Crippen LogP contribution in [0.25, 0.3) is 0 Å². The van der Waals surface area contributed by atoms with E-state index in [1.54, 1.807) is 7.05 Å². The summed E-state index contributed by atoms with van der Waals surface area (Å²) in [5, 5.41) is 17.1. The quantitative estimate of drug-likeness (QED) is 0.151. The molecule has 1 saturated heterocycles. The van der Waals surface area contributed by atoms with Gasteiger partial charge in [0.2, 0.25) is 5.91 Å². The molecule has 1 heterocycles. The van der Waals surface area contributed by atoms with Crippen LogP contribution in [0, 0.1) is 18.3 Å². The van der Waals surface area contributed by atoms with Gasteiger partial charge in [-0.2, -0.15) is 10.4 Å². The lowest BCUT2D eigenvalue weighted by Crippen LogP contribution is -2.50. The SMILES string of the molecule is CCC(C#N)N(C)C(=O)CNC(C)CC1(/C(N)=N/NN)c2ccc(C)cc2CCc2cc(C(=O)N3CCC3)ccc21. The van der Waals surface area contributed by atoms with E-state index in [1.807, 2.05) is 36.9 Å². The van der Waals surface area contributed by atoms with Crippen LogP contribution >= 0.6 is 0 Å². The van der Waals surface area contributed by atoms with Gasteiger partial charge < -0.3 is 20.9 Å². The van der Waals surface area contributed by atoms with Crippen molar-refractivity contribution in [1.82, 2.24) is 20.7 Å². The van der Waals surface area contributed by atoms with Crippen molar-refractivity contribution in [3.63, 3.8) is 0 Å². The number of benzene rings is 2. The maximum absolute atomic E-state index is 13.1. The Hall–Kier alpha value is -3.94. The van der Waals surface area contributed by atoms with Crippen molar-refractivity contribution in [2.45, 2.75) is 70.4 Å². The number of hydrogen-bond acceptors (Lipinski definition) is 7. The molecule has 0 saturated carbocycles. The summed E-state index contributed by atoms with van der Waals surface area (Å²) in [5.41, 5.74) is 14.4. The zero-order valence-corrected chi connectivity index (χ0v) is 24.5. The van der Waals surface area contributed by atoms with Crippen LogP contribution in [0.1, 0.15) is 71.3 Å². The van der Waals surface area contributed by atoms with Crippen molar-refractivity contribution >= 4 is 17.6 Å². The van der Waals surface area contributed by atoms with Crippen LogP contribution in [0.15, 0.2) is 41.5 Å². The van der Waals surface area contributed by atoms with Gasteiger partial charge in [-0.05, 0) is 80.3 Å². The molecule has 2 aliphatic rings. The van der Waals surface area contributed by atoms with Gasteiger partial charge >= 0.3 is 0 Å².